The van der Waals surface area contributed by atoms with Gasteiger partial charge in [-0.25, -0.2) is 0 Å². The summed E-state index contributed by atoms with van der Waals surface area (Å²) < 4.78 is 0. The van der Waals surface area contributed by atoms with Crippen molar-refractivity contribution in [1.82, 2.24) is 0 Å². The van der Waals surface area contributed by atoms with E-state index in [9.17, 15) is 0 Å². The molecular weight excluding hydrogens is 282 g/mol. The van der Waals surface area contributed by atoms with Crippen molar-refractivity contribution in [3.05, 3.63) is 84.8 Å². The van der Waals surface area contributed by atoms with Gasteiger partial charge in [-0.3, -0.25) is 0 Å². The molecule has 0 saturated heterocycles. The summed E-state index contributed by atoms with van der Waals surface area (Å²) >= 11 is 0. The first-order valence-electron chi connectivity index (χ1n) is 6.34. The molecule has 0 heterocycles. The molecule has 0 bridgehead atoms. The fourth-order valence-electron chi connectivity index (χ4n) is 1.70. The van der Waals surface area contributed by atoms with Gasteiger partial charge in [-0.1, -0.05) is 48.9 Å². The summed E-state index contributed by atoms with van der Waals surface area (Å²) in [6.45, 7) is 7.16. The minimum absolute atomic E-state index is 0. The third kappa shape index (κ3) is 5.99. The van der Waals surface area contributed by atoms with Crippen molar-refractivity contribution in [3.8, 4) is 0 Å². The van der Waals surface area contributed by atoms with E-state index < -0.39 is 0 Å². The van der Waals surface area contributed by atoms with Crippen LogP contribution in [0.3, 0.4) is 0 Å². The molecule has 0 aliphatic rings. The van der Waals surface area contributed by atoms with Crippen LogP contribution in [0.5, 0.6) is 0 Å². The Bertz CT molecular complexity index is 458. The van der Waals surface area contributed by atoms with Gasteiger partial charge in [-0.15, -0.1) is 41.5 Å². The summed E-state index contributed by atoms with van der Waals surface area (Å²) in [6.07, 6.45) is 4.46. The zero-order valence-corrected chi connectivity index (χ0v) is 14.9. The molecule has 1 heteroatoms. The fourth-order valence-corrected chi connectivity index (χ4v) is 1.70. The Kier molecular flexibility index (Phi) is 10.0. The van der Waals surface area contributed by atoms with Gasteiger partial charge in [0, 0.05) is 0 Å². The van der Waals surface area contributed by atoms with Crippen LogP contribution in [0.25, 0.3) is 5.57 Å². The largest absolute Gasteiger partial charge is 2.00 e. The molecule has 2 rings (SSSR count). The van der Waals surface area contributed by atoms with Crippen LogP contribution >= 0.6 is 0 Å². The Morgan fingerprint density at radius 2 is 1.37 bits per heavy atom. The molecule has 19 heavy (non-hydrogen) atoms. The van der Waals surface area contributed by atoms with Crippen molar-refractivity contribution in [2.75, 3.05) is 0 Å². The Morgan fingerprint density at radius 3 is 1.84 bits per heavy atom. The molecule has 0 N–H and O–H groups in total. The van der Waals surface area contributed by atoms with Crippen LogP contribution in [0.1, 0.15) is 31.4 Å². The predicted octanol–water partition coefficient (Wildman–Crippen LogP) is 5.17. The SMILES string of the molecule is CCC(=[C-]c1ccccc1)c1ccccc1.[CH2-]C.[Zn+2]. The molecule has 0 unspecified atom stereocenters. The summed E-state index contributed by atoms with van der Waals surface area (Å²) in [5, 5.41) is 0. The zero-order chi connectivity index (χ0) is 13.2. The molecule has 0 nitrogen and oxygen atoms in total. The van der Waals surface area contributed by atoms with Crippen LogP contribution in [-0.2, 0) is 19.5 Å². The van der Waals surface area contributed by atoms with Crippen molar-refractivity contribution >= 4 is 5.57 Å². The molecule has 0 fully saturated rings. The van der Waals surface area contributed by atoms with Gasteiger partial charge in [0.2, 0.25) is 0 Å². The number of rotatable bonds is 3. The molecule has 0 saturated carbocycles. The van der Waals surface area contributed by atoms with E-state index in [4.69, 9.17) is 0 Å². The Hall–Kier alpha value is -1.20. The van der Waals surface area contributed by atoms with Crippen LogP contribution < -0.4 is 0 Å². The quantitative estimate of drug-likeness (QED) is 0.417. The van der Waals surface area contributed by atoms with Crippen LogP contribution in [0.2, 0.25) is 0 Å². The molecular formula is C18H20Zn. The van der Waals surface area contributed by atoms with Crippen LogP contribution in [0.15, 0.2) is 60.7 Å². The van der Waals surface area contributed by atoms with E-state index >= 15 is 0 Å². The van der Waals surface area contributed by atoms with Crippen molar-refractivity contribution in [2.24, 2.45) is 0 Å². The predicted molar refractivity (Wildman–Crippen MR) is 80.0 cm³/mol. The fraction of sp³-hybridized carbons (Fsp3) is 0.167. The Balaban J connectivity index is 0.00000103. The van der Waals surface area contributed by atoms with Gasteiger partial charge in [0.05, 0.1) is 0 Å². The number of allylic oxidation sites excluding steroid dienone is 1. The van der Waals surface area contributed by atoms with Gasteiger partial charge >= 0.3 is 19.5 Å². The molecule has 0 aliphatic carbocycles. The van der Waals surface area contributed by atoms with E-state index in [0.717, 1.165) is 12.0 Å². The third-order valence-electron chi connectivity index (χ3n) is 2.54. The molecule has 0 amide bonds. The van der Waals surface area contributed by atoms with E-state index in [0.29, 0.717) is 0 Å². The molecule has 2 aromatic rings. The number of benzene rings is 2. The van der Waals surface area contributed by atoms with Crippen molar-refractivity contribution in [1.29, 1.82) is 0 Å². The summed E-state index contributed by atoms with van der Waals surface area (Å²) in [5.74, 6) is 0. The normalized spacial score (nSPS) is 9.95. The molecule has 0 radical (unpaired) electrons. The van der Waals surface area contributed by atoms with Crippen molar-refractivity contribution in [2.45, 2.75) is 20.3 Å². The van der Waals surface area contributed by atoms with Gasteiger partial charge in [0.15, 0.2) is 0 Å². The molecule has 0 aliphatic heterocycles. The summed E-state index contributed by atoms with van der Waals surface area (Å²) in [7, 11) is 0. The Morgan fingerprint density at radius 1 is 0.895 bits per heavy atom. The van der Waals surface area contributed by atoms with E-state index in [1.54, 1.807) is 6.92 Å². The van der Waals surface area contributed by atoms with Gasteiger partial charge in [-0.2, -0.15) is 6.92 Å². The maximum absolute atomic E-state index is 3.46. The van der Waals surface area contributed by atoms with E-state index in [2.05, 4.69) is 56.3 Å². The minimum atomic E-state index is 0. The van der Waals surface area contributed by atoms with Gasteiger partial charge in [0.1, 0.15) is 0 Å². The van der Waals surface area contributed by atoms with E-state index in [1.165, 1.54) is 11.1 Å². The second-order valence-electron chi connectivity index (χ2n) is 3.69. The standard InChI is InChI=1S/C16H15.C2H5.Zn/c1-2-15(16-11-7-4-8-12-16)13-14-9-5-3-6-10-14;1-2;/h3-12H,2H2,1H3;1H2,2H3;/q2*-1;+2. The third-order valence-corrected chi connectivity index (χ3v) is 2.54. The average molecular weight is 302 g/mol. The second kappa shape index (κ2) is 10.7. The van der Waals surface area contributed by atoms with Crippen LogP contribution in [0.4, 0.5) is 0 Å². The van der Waals surface area contributed by atoms with Gasteiger partial charge < -0.3 is 6.92 Å². The molecule has 2 aromatic carbocycles. The van der Waals surface area contributed by atoms with Crippen molar-refractivity contribution in [3.63, 3.8) is 0 Å². The Labute approximate surface area is 130 Å². The van der Waals surface area contributed by atoms with Crippen molar-refractivity contribution < 1.29 is 19.5 Å². The van der Waals surface area contributed by atoms with E-state index in [1.807, 2.05) is 24.3 Å². The second-order valence-corrected chi connectivity index (χ2v) is 3.69. The first-order chi connectivity index (χ1) is 8.90. The van der Waals surface area contributed by atoms with E-state index in [-0.39, 0.29) is 19.5 Å². The first-order valence-corrected chi connectivity index (χ1v) is 6.34. The number of hydrogen-bond acceptors (Lipinski definition) is 0. The molecule has 94 valence electrons. The maximum Gasteiger partial charge on any atom is 2.00 e. The average Bonchev–Trinajstić information content (AvgIpc) is 2.49. The zero-order valence-electron chi connectivity index (χ0n) is 11.9. The summed E-state index contributed by atoms with van der Waals surface area (Å²) in [5.41, 5.74) is 3.66. The molecule has 0 atom stereocenters. The van der Waals surface area contributed by atoms with Gasteiger partial charge in [-0.05, 0) is 6.42 Å². The maximum atomic E-state index is 3.46. The molecule has 0 aromatic heterocycles. The number of hydrogen-bond donors (Lipinski definition) is 0. The smallest absolute Gasteiger partial charge is 0.346 e. The summed E-state index contributed by atoms with van der Waals surface area (Å²) in [4.78, 5) is 0. The first kappa shape index (κ1) is 17.8. The minimum Gasteiger partial charge on any atom is -0.346 e. The van der Waals surface area contributed by atoms with Crippen LogP contribution in [0, 0.1) is 13.0 Å². The monoisotopic (exact) mass is 300 g/mol. The van der Waals surface area contributed by atoms with Crippen LogP contribution in [-0.4, -0.2) is 0 Å². The molecule has 0 spiro atoms. The topological polar surface area (TPSA) is 0 Å². The summed E-state index contributed by atoms with van der Waals surface area (Å²) in [6, 6.07) is 20.7. The van der Waals surface area contributed by atoms with Gasteiger partial charge in [0.25, 0.3) is 0 Å².